The Labute approximate surface area is 78.6 Å². The Morgan fingerprint density at radius 1 is 1.00 bits per heavy atom. The van der Waals surface area contributed by atoms with Crippen molar-refractivity contribution in [3.63, 3.8) is 0 Å². The zero-order valence-corrected chi connectivity index (χ0v) is 7.00. The molecule has 0 aromatic heterocycles. The summed E-state index contributed by atoms with van der Waals surface area (Å²) in [4.78, 5) is 0.188. The predicted molar refractivity (Wildman–Crippen MR) is 32.0 cm³/mol. The maximum Gasteiger partial charge on any atom is 1.00 e. The molecular formula is C6H3AgF2S. The summed E-state index contributed by atoms with van der Waals surface area (Å²) in [6, 6.07) is 2.98. The van der Waals surface area contributed by atoms with Crippen LogP contribution in [0.1, 0.15) is 0 Å². The summed E-state index contributed by atoms with van der Waals surface area (Å²) >= 11 is 4.51. The molecule has 0 bridgehead atoms. The Kier molecular flexibility index (Phi) is 4.05. The van der Waals surface area contributed by atoms with E-state index in [0.717, 1.165) is 18.2 Å². The van der Waals surface area contributed by atoms with Crippen LogP contribution in [0.2, 0.25) is 0 Å². The standard InChI is InChI=1S/C6H4F2S.Ag/c7-4-1-5(8)3-6(9)2-4;/h1-3,9H;/q;+1/p-1. The molecule has 58 valence electrons. The fraction of sp³-hybridized carbons (Fsp3) is 0. The predicted octanol–water partition coefficient (Wildman–Crippen LogP) is 1.87. The molecule has 0 aliphatic heterocycles. The fourth-order valence-electron chi connectivity index (χ4n) is 0.529. The first-order valence-corrected chi connectivity index (χ1v) is 2.72. The number of benzene rings is 1. The van der Waals surface area contributed by atoms with E-state index in [9.17, 15) is 8.78 Å². The van der Waals surface area contributed by atoms with Gasteiger partial charge in [-0.1, -0.05) is 0 Å². The van der Waals surface area contributed by atoms with Crippen LogP contribution in [0.5, 0.6) is 0 Å². The Hall–Kier alpha value is 0.0403. The van der Waals surface area contributed by atoms with Crippen molar-refractivity contribution in [2.75, 3.05) is 0 Å². The van der Waals surface area contributed by atoms with Gasteiger partial charge in [0.2, 0.25) is 0 Å². The quantitative estimate of drug-likeness (QED) is 0.502. The first-order chi connectivity index (χ1) is 4.18. The van der Waals surface area contributed by atoms with Crippen LogP contribution in [0.3, 0.4) is 0 Å². The Morgan fingerprint density at radius 2 is 1.40 bits per heavy atom. The zero-order chi connectivity index (χ0) is 6.85. The van der Waals surface area contributed by atoms with Gasteiger partial charge in [0.1, 0.15) is 11.6 Å². The van der Waals surface area contributed by atoms with E-state index in [1.807, 2.05) is 0 Å². The largest absolute Gasteiger partial charge is 1.00 e. The molecule has 1 aromatic carbocycles. The van der Waals surface area contributed by atoms with Gasteiger partial charge in [-0.15, -0.1) is 0 Å². The van der Waals surface area contributed by atoms with Crippen LogP contribution >= 0.6 is 0 Å². The zero-order valence-electron chi connectivity index (χ0n) is 4.70. The molecule has 0 fully saturated rings. The van der Waals surface area contributed by atoms with E-state index >= 15 is 0 Å². The molecule has 0 N–H and O–H groups in total. The maximum absolute atomic E-state index is 12.1. The minimum atomic E-state index is -0.625. The third-order valence-electron chi connectivity index (χ3n) is 0.836. The van der Waals surface area contributed by atoms with Gasteiger partial charge in [0, 0.05) is 6.07 Å². The van der Waals surface area contributed by atoms with E-state index in [0.29, 0.717) is 0 Å². The molecule has 0 spiro atoms. The molecule has 0 amide bonds. The van der Waals surface area contributed by atoms with Gasteiger partial charge in [-0.05, 0) is 12.1 Å². The molecule has 0 heterocycles. The summed E-state index contributed by atoms with van der Waals surface area (Å²) in [5.41, 5.74) is 0. The first-order valence-electron chi connectivity index (χ1n) is 2.31. The van der Waals surface area contributed by atoms with Crippen molar-refractivity contribution in [2.24, 2.45) is 0 Å². The van der Waals surface area contributed by atoms with Crippen molar-refractivity contribution < 1.29 is 31.2 Å². The minimum Gasteiger partial charge on any atom is -0.779 e. The minimum absolute atomic E-state index is 0. The molecule has 0 aliphatic carbocycles. The molecule has 0 atom stereocenters. The SMILES string of the molecule is Fc1cc(F)cc([S-])c1.[Ag+]. The first kappa shape index (κ1) is 10.0. The summed E-state index contributed by atoms with van der Waals surface area (Å²) in [5, 5.41) is 0. The van der Waals surface area contributed by atoms with Crippen LogP contribution < -0.4 is 0 Å². The van der Waals surface area contributed by atoms with Crippen LogP contribution in [0.25, 0.3) is 0 Å². The maximum atomic E-state index is 12.1. The Balaban J connectivity index is 0.000000810. The van der Waals surface area contributed by atoms with Crippen molar-refractivity contribution in [3.8, 4) is 0 Å². The summed E-state index contributed by atoms with van der Waals surface area (Å²) < 4.78 is 24.2. The van der Waals surface area contributed by atoms with Gasteiger partial charge in [0.15, 0.2) is 0 Å². The van der Waals surface area contributed by atoms with E-state index in [4.69, 9.17) is 0 Å². The monoisotopic (exact) mass is 252 g/mol. The van der Waals surface area contributed by atoms with Gasteiger partial charge in [-0.2, -0.15) is 4.90 Å². The Morgan fingerprint density at radius 3 is 1.70 bits per heavy atom. The second kappa shape index (κ2) is 4.03. The van der Waals surface area contributed by atoms with Crippen molar-refractivity contribution in [1.29, 1.82) is 0 Å². The molecule has 0 nitrogen and oxygen atoms in total. The second-order valence-electron chi connectivity index (χ2n) is 1.61. The van der Waals surface area contributed by atoms with Gasteiger partial charge >= 0.3 is 22.4 Å². The molecule has 4 heteroatoms. The smallest absolute Gasteiger partial charge is 0.779 e. The summed E-state index contributed by atoms with van der Waals surface area (Å²) in [6.45, 7) is 0. The van der Waals surface area contributed by atoms with Crippen molar-refractivity contribution >= 4 is 12.6 Å². The average molecular weight is 253 g/mol. The number of halogens is 2. The molecule has 1 aromatic rings. The third kappa shape index (κ3) is 2.75. The van der Waals surface area contributed by atoms with E-state index in [2.05, 4.69) is 12.6 Å². The van der Waals surface area contributed by atoms with Gasteiger partial charge in [-0.25, -0.2) is 8.78 Å². The van der Waals surface area contributed by atoms with Crippen LogP contribution in [-0.4, -0.2) is 0 Å². The average Bonchev–Trinajstić information content (AvgIpc) is 1.59. The molecule has 1 rings (SSSR count). The molecule has 0 aliphatic rings. The van der Waals surface area contributed by atoms with Gasteiger partial charge in [-0.3, -0.25) is 0 Å². The normalized spacial score (nSPS) is 8.60. The molecule has 0 unspecified atom stereocenters. The van der Waals surface area contributed by atoms with E-state index in [-0.39, 0.29) is 27.3 Å². The van der Waals surface area contributed by atoms with Crippen LogP contribution in [0.4, 0.5) is 8.78 Å². The van der Waals surface area contributed by atoms with Crippen molar-refractivity contribution in [3.05, 3.63) is 29.8 Å². The van der Waals surface area contributed by atoms with E-state index in [1.165, 1.54) is 0 Å². The summed E-state index contributed by atoms with van der Waals surface area (Å²) in [7, 11) is 0. The molecule has 0 saturated carbocycles. The number of hydrogen-bond donors (Lipinski definition) is 0. The Bertz CT molecular complexity index is 177. The van der Waals surface area contributed by atoms with Crippen LogP contribution in [0, 0.1) is 11.6 Å². The van der Waals surface area contributed by atoms with Gasteiger partial charge in [0.25, 0.3) is 0 Å². The molecular weight excluding hydrogens is 250 g/mol. The van der Waals surface area contributed by atoms with Gasteiger partial charge in [0.05, 0.1) is 0 Å². The fourth-order valence-corrected chi connectivity index (χ4v) is 0.754. The van der Waals surface area contributed by atoms with Crippen LogP contribution in [-0.2, 0) is 35.0 Å². The van der Waals surface area contributed by atoms with Crippen molar-refractivity contribution in [1.82, 2.24) is 0 Å². The third-order valence-corrected chi connectivity index (χ3v) is 1.07. The molecule has 0 radical (unpaired) electrons. The van der Waals surface area contributed by atoms with Gasteiger partial charge < -0.3 is 12.6 Å². The summed E-state index contributed by atoms with van der Waals surface area (Å²) in [5.74, 6) is -1.25. The van der Waals surface area contributed by atoms with Crippen molar-refractivity contribution in [2.45, 2.75) is 4.90 Å². The second-order valence-corrected chi connectivity index (χ2v) is 2.08. The molecule has 0 saturated heterocycles. The number of hydrogen-bond acceptors (Lipinski definition) is 1. The van der Waals surface area contributed by atoms with E-state index in [1.54, 1.807) is 0 Å². The topological polar surface area (TPSA) is 0 Å². The number of rotatable bonds is 0. The summed E-state index contributed by atoms with van der Waals surface area (Å²) in [6.07, 6.45) is 0. The molecule has 10 heavy (non-hydrogen) atoms. The van der Waals surface area contributed by atoms with Crippen LogP contribution in [0.15, 0.2) is 23.1 Å². The van der Waals surface area contributed by atoms with E-state index < -0.39 is 11.6 Å².